The number of benzene rings is 3. The van der Waals surface area contributed by atoms with Gasteiger partial charge in [-0.05, 0) is 79.8 Å². The SMILES string of the molecule is COc1ccc(CC(=O)NCCCCCc2nc3ccccc3n2CCOc2cc(C)c(Cl)c(C)c2)cc1. The van der Waals surface area contributed by atoms with Gasteiger partial charge in [0.05, 0.1) is 31.1 Å². The van der Waals surface area contributed by atoms with Gasteiger partial charge in [-0.1, -0.05) is 42.3 Å². The number of hydrogen-bond acceptors (Lipinski definition) is 4. The van der Waals surface area contributed by atoms with Gasteiger partial charge >= 0.3 is 0 Å². The summed E-state index contributed by atoms with van der Waals surface area (Å²) >= 11 is 6.30. The van der Waals surface area contributed by atoms with Gasteiger partial charge in [0.1, 0.15) is 23.9 Å². The van der Waals surface area contributed by atoms with Crippen LogP contribution in [0.2, 0.25) is 5.02 Å². The maximum atomic E-state index is 12.2. The number of methoxy groups -OCH3 is 1. The number of carbonyl (C=O) groups excluding carboxylic acids is 1. The smallest absolute Gasteiger partial charge is 0.224 e. The Morgan fingerprint density at radius 1 is 0.974 bits per heavy atom. The molecule has 0 aliphatic heterocycles. The van der Waals surface area contributed by atoms with Crippen LogP contribution in [0, 0.1) is 13.8 Å². The van der Waals surface area contributed by atoms with E-state index in [0.717, 1.165) is 82.3 Å². The second-order valence-electron chi connectivity index (χ2n) is 9.57. The highest BCUT2D eigenvalue weighted by molar-refractivity contribution is 6.32. The number of nitrogens with one attached hydrogen (secondary N) is 1. The Kier molecular flexibility index (Phi) is 9.66. The summed E-state index contributed by atoms with van der Waals surface area (Å²) in [5.41, 5.74) is 5.15. The number of aryl methyl sites for hydroxylation is 3. The first-order chi connectivity index (χ1) is 18.4. The Hall–Kier alpha value is -3.51. The molecule has 0 fully saturated rings. The number of imidazole rings is 1. The van der Waals surface area contributed by atoms with E-state index in [-0.39, 0.29) is 5.91 Å². The molecule has 200 valence electrons. The minimum Gasteiger partial charge on any atom is -0.497 e. The van der Waals surface area contributed by atoms with Crippen molar-refractivity contribution in [3.8, 4) is 11.5 Å². The van der Waals surface area contributed by atoms with Crippen LogP contribution in [0.15, 0.2) is 60.7 Å². The van der Waals surface area contributed by atoms with Gasteiger partial charge in [0, 0.05) is 18.0 Å². The van der Waals surface area contributed by atoms with E-state index in [4.69, 9.17) is 26.1 Å². The molecule has 0 unspecified atom stereocenters. The first kappa shape index (κ1) is 27.5. The molecule has 0 bridgehead atoms. The molecule has 0 atom stereocenters. The number of carbonyl (C=O) groups is 1. The lowest BCUT2D eigenvalue weighted by Gasteiger charge is -2.13. The van der Waals surface area contributed by atoms with Crippen molar-refractivity contribution in [2.75, 3.05) is 20.3 Å². The fourth-order valence-electron chi connectivity index (χ4n) is 4.61. The molecule has 0 radical (unpaired) electrons. The zero-order valence-electron chi connectivity index (χ0n) is 22.4. The van der Waals surface area contributed by atoms with Gasteiger partial charge in [-0.25, -0.2) is 4.98 Å². The van der Waals surface area contributed by atoms with Crippen LogP contribution in [-0.4, -0.2) is 35.7 Å². The zero-order valence-corrected chi connectivity index (χ0v) is 23.2. The van der Waals surface area contributed by atoms with Crippen LogP contribution < -0.4 is 14.8 Å². The van der Waals surface area contributed by atoms with Crippen LogP contribution in [0.1, 0.15) is 41.8 Å². The summed E-state index contributed by atoms with van der Waals surface area (Å²) in [6.45, 7) is 5.94. The van der Waals surface area contributed by atoms with E-state index >= 15 is 0 Å². The number of para-hydroxylation sites is 2. The maximum Gasteiger partial charge on any atom is 0.224 e. The topological polar surface area (TPSA) is 65.4 Å². The molecule has 4 aromatic rings. The maximum absolute atomic E-state index is 12.2. The molecule has 7 heteroatoms. The highest BCUT2D eigenvalue weighted by atomic mass is 35.5. The van der Waals surface area contributed by atoms with Crippen molar-refractivity contribution >= 4 is 28.5 Å². The number of fused-ring (bicyclic) bond motifs is 1. The number of unbranched alkanes of at least 4 members (excludes halogenated alkanes) is 2. The third-order valence-electron chi connectivity index (χ3n) is 6.65. The van der Waals surface area contributed by atoms with Gasteiger partial charge < -0.3 is 19.4 Å². The molecule has 1 N–H and O–H groups in total. The highest BCUT2D eigenvalue weighted by Gasteiger charge is 2.11. The van der Waals surface area contributed by atoms with Crippen molar-refractivity contribution in [3.05, 3.63) is 88.2 Å². The molecule has 1 heterocycles. The van der Waals surface area contributed by atoms with Gasteiger partial charge in [-0.3, -0.25) is 4.79 Å². The summed E-state index contributed by atoms with van der Waals surface area (Å²) in [6.07, 6.45) is 4.23. The predicted octanol–water partition coefficient (Wildman–Crippen LogP) is 6.47. The molecule has 0 spiro atoms. The largest absolute Gasteiger partial charge is 0.497 e. The molecule has 1 amide bonds. The van der Waals surface area contributed by atoms with E-state index in [0.29, 0.717) is 19.6 Å². The average molecular weight is 534 g/mol. The zero-order chi connectivity index (χ0) is 26.9. The van der Waals surface area contributed by atoms with Crippen molar-refractivity contribution in [2.24, 2.45) is 0 Å². The van der Waals surface area contributed by atoms with E-state index in [1.807, 2.05) is 62.4 Å². The second kappa shape index (κ2) is 13.3. The van der Waals surface area contributed by atoms with Crippen molar-refractivity contribution < 1.29 is 14.3 Å². The first-order valence-electron chi connectivity index (χ1n) is 13.2. The highest BCUT2D eigenvalue weighted by Crippen LogP contribution is 2.26. The third-order valence-corrected chi connectivity index (χ3v) is 7.25. The lowest BCUT2D eigenvalue weighted by Crippen LogP contribution is -2.26. The van der Waals surface area contributed by atoms with Crippen molar-refractivity contribution in [3.63, 3.8) is 0 Å². The second-order valence-corrected chi connectivity index (χ2v) is 9.95. The lowest BCUT2D eigenvalue weighted by atomic mass is 10.1. The summed E-state index contributed by atoms with van der Waals surface area (Å²) in [7, 11) is 1.64. The molecule has 1 aromatic heterocycles. The number of rotatable bonds is 13. The van der Waals surface area contributed by atoms with Gasteiger partial charge in [-0.15, -0.1) is 0 Å². The summed E-state index contributed by atoms with van der Waals surface area (Å²) in [4.78, 5) is 17.1. The van der Waals surface area contributed by atoms with E-state index in [9.17, 15) is 4.79 Å². The molecule has 6 nitrogen and oxygen atoms in total. The van der Waals surface area contributed by atoms with E-state index in [1.165, 1.54) is 0 Å². The van der Waals surface area contributed by atoms with Crippen LogP contribution in [-0.2, 0) is 24.2 Å². The Morgan fingerprint density at radius 2 is 1.71 bits per heavy atom. The Morgan fingerprint density at radius 3 is 2.45 bits per heavy atom. The minimum atomic E-state index is 0.0445. The fraction of sp³-hybridized carbons (Fsp3) is 0.355. The molecule has 0 saturated heterocycles. The summed E-state index contributed by atoms with van der Waals surface area (Å²) < 4.78 is 13.5. The van der Waals surface area contributed by atoms with Crippen LogP contribution in [0.3, 0.4) is 0 Å². The fourth-order valence-corrected chi connectivity index (χ4v) is 4.72. The monoisotopic (exact) mass is 533 g/mol. The summed E-state index contributed by atoms with van der Waals surface area (Å²) in [5.74, 6) is 2.75. The number of amides is 1. The Balaban J connectivity index is 1.24. The normalized spacial score (nSPS) is 11.1. The van der Waals surface area contributed by atoms with Gasteiger partial charge in [0.2, 0.25) is 5.91 Å². The van der Waals surface area contributed by atoms with Gasteiger partial charge in [0.25, 0.3) is 0 Å². The van der Waals surface area contributed by atoms with Crippen LogP contribution in [0.25, 0.3) is 11.0 Å². The average Bonchev–Trinajstić information content (AvgIpc) is 3.27. The molecule has 3 aromatic carbocycles. The quantitative estimate of drug-likeness (QED) is 0.200. The molecule has 0 aliphatic carbocycles. The van der Waals surface area contributed by atoms with Gasteiger partial charge in [-0.2, -0.15) is 0 Å². The number of nitrogens with zero attached hydrogens (tertiary/aromatic N) is 2. The number of aromatic nitrogens is 2. The van der Waals surface area contributed by atoms with Crippen LogP contribution in [0.4, 0.5) is 0 Å². The Labute approximate surface area is 229 Å². The summed E-state index contributed by atoms with van der Waals surface area (Å²) in [5, 5.41) is 3.82. The van der Waals surface area contributed by atoms with E-state index < -0.39 is 0 Å². The standard InChI is InChI=1S/C31H36ClN3O3/c1-22-19-26(20-23(2)31(22)32)38-18-17-35-28-10-7-6-9-27(28)34-29(35)11-5-4-8-16-33-30(36)21-24-12-14-25(37-3)15-13-24/h6-7,9-10,12-15,19-20H,4-5,8,11,16-18,21H2,1-3H3,(H,33,36). The molecular weight excluding hydrogens is 498 g/mol. The molecular formula is C31H36ClN3O3. The lowest BCUT2D eigenvalue weighted by molar-refractivity contribution is -0.120. The number of halogens is 1. The van der Waals surface area contributed by atoms with E-state index in [2.05, 4.69) is 22.0 Å². The minimum absolute atomic E-state index is 0.0445. The predicted molar refractivity (Wildman–Crippen MR) is 153 cm³/mol. The van der Waals surface area contributed by atoms with Crippen molar-refractivity contribution in [1.82, 2.24) is 14.9 Å². The molecule has 0 aliphatic rings. The van der Waals surface area contributed by atoms with Crippen LogP contribution >= 0.6 is 11.6 Å². The van der Waals surface area contributed by atoms with Crippen molar-refractivity contribution in [2.45, 2.75) is 52.5 Å². The molecule has 0 saturated carbocycles. The first-order valence-corrected chi connectivity index (χ1v) is 13.6. The number of ether oxygens (including phenoxy) is 2. The third kappa shape index (κ3) is 7.29. The number of hydrogen-bond donors (Lipinski definition) is 1. The summed E-state index contributed by atoms with van der Waals surface area (Å²) in [6, 6.07) is 19.8. The van der Waals surface area contributed by atoms with Crippen molar-refractivity contribution in [1.29, 1.82) is 0 Å². The molecule has 38 heavy (non-hydrogen) atoms. The molecule has 4 rings (SSSR count). The van der Waals surface area contributed by atoms with Gasteiger partial charge in [0.15, 0.2) is 0 Å². The Bertz CT molecular complexity index is 1340. The van der Waals surface area contributed by atoms with Crippen LogP contribution in [0.5, 0.6) is 11.5 Å². The van der Waals surface area contributed by atoms with E-state index in [1.54, 1.807) is 7.11 Å².